The molecule has 1 aromatic rings. The highest BCUT2D eigenvalue weighted by Gasteiger charge is 2.18. The molecule has 15 heavy (non-hydrogen) atoms. The zero-order valence-electron chi connectivity index (χ0n) is 9.68. The molecule has 3 nitrogen and oxygen atoms in total. The summed E-state index contributed by atoms with van der Waals surface area (Å²) >= 11 is 0. The smallest absolute Gasteiger partial charge is 0.140 e. The van der Waals surface area contributed by atoms with Crippen LogP contribution < -0.4 is 5.32 Å². The van der Waals surface area contributed by atoms with Crippen LogP contribution in [0.15, 0.2) is 4.52 Å². The molecule has 0 amide bonds. The highest BCUT2D eigenvalue weighted by Crippen LogP contribution is 2.22. The Morgan fingerprint density at radius 1 is 1.40 bits per heavy atom. The number of rotatable bonds is 3. The van der Waals surface area contributed by atoms with Crippen LogP contribution in [0.3, 0.4) is 0 Å². The van der Waals surface area contributed by atoms with E-state index in [-0.39, 0.29) is 0 Å². The lowest BCUT2D eigenvalue weighted by molar-refractivity contribution is 0.316. The van der Waals surface area contributed by atoms with Gasteiger partial charge in [0, 0.05) is 12.0 Å². The maximum Gasteiger partial charge on any atom is 0.140 e. The molecule has 1 saturated heterocycles. The van der Waals surface area contributed by atoms with Crippen LogP contribution in [0, 0.1) is 12.8 Å². The van der Waals surface area contributed by atoms with Crippen LogP contribution in [0.5, 0.6) is 0 Å². The van der Waals surface area contributed by atoms with Gasteiger partial charge in [-0.3, -0.25) is 0 Å². The van der Waals surface area contributed by atoms with Crippen molar-refractivity contribution in [1.82, 2.24) is 10.5 Å². The Morgan fingerprint density at radius 3 is 2.73 bits per heavy atom. The van der Waals surface area contributed by atoms with Crippen molar-refractivity contribution >= 4 is 0 Å². The van der Waals surface area contributed by atoms with Gasteiger partial charge in [-0.05, 0) is 45.2 Å². The van der Waals surface area contributed by atoms with Gasteiger partial charge in [-0.25, -0.2) is 0 Å². The van der Waals surface area contributed by atoms with E-state index in [0.717, 1.165) is 43.3 Å². The van der Waals surface area contributed by atoms with E-state index in [4.69, 9.17) is 4.52 Å². The van der Waals surface area contributed by atoms with Gasteiger partial charge < -0.3 is 9.84 Å². The highest BCUT2D eigenvalue weighted by atomic mass is 16.5. The maximum absolute atomic E-state index is 5.42. The van der Waals surface area contributed by atoms with E-state index in [2.05, 4.69) is 24.3 Å². The van der Waals surface area contributed by atoms with Crippen molar-refractivity contribution in [2.75, 3.05) is 13.1 Å². The lowest BCUT2D eigenvalue weighted by Gasteiger charge is -2.21. The molecular weight excluding hydrogens is 188 g/mol. The van der Waals surface area contributed by atoms with Crippen molar-refractivity contribution in [2.45, 2.75) is 39.5 Å². The van der Waals surface area contributed by atoms with Gasteiger partial charge in [-0.1, -0.05) is 12.1 Å². The third-order valence-electron chi connectivity index (χ3n) is 3.38. The first-order valence-electron chi connectivity index (χ1n) is 5.96. The van der Waals surface area contributed by atoms with Gasteiger partial charge in [-0.15, -0.1) is 0 Å². The quantitative estimate of drug-likeness (QED) is 0.826. The second-order valence-electron chi connectivity index (χ2n) is 4.43. The molecule has 0 aromatic carbocycles. The zero-order valence-corrected chi connectivity index (χ0v) is 9.68. The van der Waals surface area contributed by atoms with E-state index in [0.29, 0.717) is 0 Å². The molecular formula is C12H20N2O. The van der Waals surface area contributed by atoms with Crippen molar-refractivity contribution in [3.63, 3.8) is 0 Å². The molecule has 2 rings (SSSR count). The fourth-order valence-electron chi connectivity index (χ4n) is 2.28. The van der Waals surface area contributed by atoms with E-state index in [1.165, 1.54) is 18.4 Å². The number of nitrogens with one attached hydrogen (secondary N) is 1. The third-order valence-corrected chi connectivity index (χ3v) is 3.38. The van der Waals surface area contributed by atoms with Crippen LogP contribution >= 0.6 is 0 Å². The molecule has 0 atom stereocenters. The number of nitrogens with zero attached hydrogens (tertiary/aromatic N) is 1. The predicted octanol–water partition coefficient (Wildman–Crippen LogP) is 2.09. The van der Waals surface area contributed by atoms with Crippen molar-refractivity contribution in [3.8, 4) is 0 Å². The first-order valence-corrected chi connectivity index (χ1v) is 5.96. The van der Waals surface area contributed by atoms with Crippen molar-refractivity contribution in [1.29, 1.82) is 0 Å². The fourth-order valence-corrected chi connectivity index (χ4v) is 2.28. The summed E-state index contributed by atoms with van der Waals surface area (Å²) in [6.07, 6.45) is 4.57. The molecule has 1 aliphatic rings. The number of hydrogen-bond acceptors (Lipinski definition) is 3. The van der Waals surface area contributed by atoms with Crippen LogP contribution in [0.2, 0.25) is 0 Å². The van der Waals surface area contributed by atoms with Crippen molar-refractivity contribution in [2.24, 2.45) is 5.92 Å². The lowest BCUT2D eigenvalue weighted by Crippen LogP contribution is -2.28. The van der Waals surface area contributed by atoms with E-state index >= 15 is 0 Å². The Bertz CT molecular complexity index is 313. The predicted molar refractivity (Wildman–Crippen MR) is 59.9 cm³/mol. The number of hydrogen-bond donors (Lipinski definition) is 1. The van der Waals surface area contributed by atoms with Crippen LogP contribution in [-0.2, 0) is 12.8 Å². The molecule has 0 aliphatic carbocycles. The Labute approximate surface area is 91.2 Å². The molecule has 3 heteroatoms. The summed E-state index contributed by atoms with van der Waals surface area (Å²) in [4.78, 5) is 0. The first kappa shape index (κ1) is 10.7. The first-order chi connectivity index (χ1) is 7.31. The number of piperidine rings is 1. The molecule has 0 radical (unpaired) electrons. The summed E-state index contributed by atoms with van der Waals surface area (Å²) in [7, 11) is 0. The molecule has 1 N–H and O–H groups in total. The Kier molecular flexibility index (Phi) is 3.41. The average molecular weight is 208 g/mol. The largest absolute Gasteiger partial charge is 0.361 e. The summed E-state index contributed by atoms with van der Waals surface area (Å²) in [5.74, 6) is 1.89. The topological polar surface area (TPSA) is 38.1 Å². The molecule has 84 valence electrons. The minimum absolute atomic E-state index is 0.780. The Balaban J connectivity index is 2.00. The highest BCUT2D eigenvalue weighted by molar-refractivity contribution is 5.21. The number of aryl methyl sites for hydroxylation is 1. The van der Waals surface area contributed by atoms with Gasteiger partial charge in [0.25, 0.3) is 0 Å². The zero-order chi connectivity index (χ0) is 10.7. The van der Waals surface area contributed by atoms with Gasteiger partial charge in [0.15, 0.2) is 0 Å². The molecule has 0 unspecified atom stereocenters. The van der Waals surface area contributed by atoms with Crippen molar-refractivity contribution in [3.05, 3.63) is 17.0 Å². The van der Waals surface area contributed by atoms with Gasteiger partial charge >= 0.3 is 0 Å². The van der Waals surface area contributed by atoms with Gasteiger partial charge in [0.1, 0.15) is 5.76 Å². The summed E-state index contributed by atoms with van der Waals surface area (Å²) in [5, 5.41) is 7.49. The second-order valence-corrected chi connectivity index (χ2v) is 4.43. The summed E-state index contributed by atoms with van der Waals surface area (Å²) in [5.41, 5.74) is 2.40. The SMILES string of the molecule is CCc1noc(CC2CCNCC2)c1C. The second kappa shape index (κ2) is 4.79. The van der Waals surface area contributed by atoms with E-state index in [9.17, 15) is 0 Å². The maximum atomic E-state index is 5.42. The molecule has 1 fully saturated rings. The fraction of sp³-hybridized carbons (Fsp3) is 0.750. The van der Waals surface area contributed by atoms with E-state index in [1.807, 2.05) is 0 Å². The van der Waals surface area contributed by atoms with Crippen LogP contribution in [0.4, 0.5) is 0 Å². The molecule has 1 aliphatic heterocycles. The molecule has 0 bridgehead atoms. The summed E-state index contributed by atoms with van der Waals surface area (Å²) < 4.78 is 5.42. The lowest BCUT2D eigenvalue weighted by atomic mass is 9.92. The molecule has 1 aromatic heterocycles. The van der Waals surface area contributed by atoms with E-state index < -0.39 is 0 Å². The minimum Gasteiger partial charge on any atom is -0.361 e. The van der Waals surface area contributed by atoms with Gasteiger partial charge in [-0.2, -0.15) is 0 Å². The normalized spacial score (nSPS) is 18.3. The van der Waals surface area contributed by atoms with Crippen molar-refractivity contribution < 1.29 is 4.52 Å². The van der Waals surface area contributed by atoms with Crippen LogP contribution in [0.25, 0.3) is 0 Å². The minimum atomic E-state index is 0.780. The van der Waals surface area contributed by atoms with Crippen LogP contribution in [-0.4, -0.2) is 18.2 Å². The number of aromatic nitrogens is 1. The Hall–Kier alpha value is -0.830. The van der Waals surface area contributed by atoms with Gasteiger partial charge in [0.2, 0.25) is 0 Å². The Morgan fingerprint density at radius 2 is 2.13 bits per heavy atom. The van der Waals surface area contributed by atoms with Gasteiger partial charge in [0.05, 0.1) is 5.69 Å². The standard InChI is InChI=1S/C12H20N2O/c1-3-11-9(2)12(15-14-11)8-10-4-6-13-7-5-10/h10,13H,3-8H2,1-2H3. The van der Waals surface area contributed by atoms with E-state index in [1.54, 1.807) is 0 Å². The molecule has 0 spiro atoms. The summed E-state index contributed by atoms with van der Waals surface area (Å²) in [6.45, 7) is 6.56. The third kappa shape index (κ3) is 2.40. The molecule has 0 saturated carbocycles. The average Bonchev–Trinajstić information content (AvgIpc) is 2.62. The molecule has 2 heterocycles. The van der Waals surface area contributed by atoms with Crippen LogP contribution in [0.1, 0.15) is 36.8 Å². The summed E-state index contributed by atoms with van der Waals surface area (Å²) in [6, 6.07) is 0. The monoisotopic (exact) mass is 208 g/mol.